The van der Waals surface area contributed by atoms with Crippen molar-refractivity contribution in [3.8, 4) is 5.75 Å². The molecule has 3 nitrogen and oxygen atoms in total. The molecule has 0 radical (unpaired) electrons. The summed E-state index contributed by atoms with van der Waals surface area (Å²) in [6, 6.07) is 14.5. The molecular formula is C17H18F2N2OS2. The zero-order valence-electron chi connectivity index (χ0n) is 13.3. The number of thioether (sulfide) groups is 1. The van der Waals surface area contributed by atoms with E-state index in [1.807, 2.05) is 18.2 Å². The maximum atomic E-state index is 12.1. The van der Waals surface area contributed by atoms with Gasteiger partial charge in [0.05, 0.1) is 0 Å². The minimum Gasteiger partial charge on any atom is -0.435 e. The summed E-state index contributed by atoms with van der Waals surface area (Å²) in [5.74, 6) is 0.115. The molecule has 1 N–H and O–H groups in total. The predicted octanol–water partition coefficient (Wildman–Crippen LogP) is 4.84. The zero-order valence-corrected chi connectivity index (χ0v) is 15.0. The molecule has 0 unspecified atom stereocenters. The number of ether oxygens (including phenoxy) is 1. The topological polar surface area (TPSA) is 24.5 Å². The van der Waals surface area contributed by atoms with Crippen molar-refractivity contribution < 1.29 is 13.5 Å². The lowest BCUT2D eigenvalue weighted by atomic mass is 10.2. The van der Waals surface area contributed by atoms with Crippen LogP contribution in [0.25, 0.3) is 0 Å². The van der Waals surface area contributed by atoms with Gasteiger partial charge < -0.3 is 15.0 Å². The Kier molecular flexibility index (Phi) is 6.81. The second-order valence-corrected chi connectivity index (χ2v) is 6.30. The first-order valence-corrected chi connectivity index (χ1v) is 8.81. The maximum absolute atomic E-state index is 12.1. The third-order valence-corrected chi connectivity index (χ3v) is 4.41. The summed E-state index contributed by atoms with van der Waals surface area (Å²) in [7, 11) is 1.89. The number of nitrogens with zero attached hydrogens (tertiary/aromatic N) is 1. The van der Waals surface area contributed by atoms with Gasteiger partial charge in [0.1, 0.15) is 5.75 Å². The molecule has 2 aromatic rings. The van der Waals surface area contributed by atoms with E-state index in [9.17, 15) is 8.78 Å². The van der Waals surface area contributed by atoms with E-state index < -0.39 is 6.61 Å². The van der Waals surface area contributed by atoms with E-state index in [0.29, 0.717) is 17.3 Å². The Bertz CT molecular complexity index is 663. The van der Waals surface area contributed by atoms with E-state index in [1.54, 1.807) is 23.9 Å². The Labute approximate surface area is 150 Å². The number of benzene rings is 2. The molecule has 0 heterocycles. The first-order valence-electron chi connectivity index (χ1n) is 7.18. The van der Waals surface area contributed by atoms with Gasteiger partial charge in [0.25, 0.3) is 0 Å². The Balaban J connectivity index is 1.90. The molecule has 0 saturated carbocycles. The molecule has 0 bridgehead atoms. The smallest absolute Gasteiger partial charge is 0.387 e. The molecule has 0 amide bonds. The minimum absolute atomic E-state index is 0.115. The minimum atomic E-state index is -2.83. The van der Waals surface area contributed by atoms with Crippen molar-refractivity contribution in [2.45, 2.75) is 18.1 Å². The fraction of sp³-hybridized carbons (Fsp3) is 0.235. The highest BCUT2D eigenvalue weighted by atomic mass is 32.2. The molecule has 0 aliphatic rings. The van der Waals surface area contributed by atoms with Crippen molar-refractivity contribution in [1.29, 1.82) is 0 Å². The van der Waals surface area contributed by atoms with Crippen LogP contribution in [0.5, 0.6) is 5.75 Å². The lowest BCUT2D eigenvalue weighted by molar-refractivity contribution is -0.0498. The van der Waals surface area contributed by atoms with Crippen molar-refractivity contribution in [1.82, 2.24) is 4.90 Å². The van der Waals surface area contributed by atoms with Crippen molar-refractivity contribution >= 4 is 34.8 Å². The predicted molar refractivity (Wildman–Crippen MR) is 99.0 cm³/mol. The molecule has 0 fully saturated rings. The number of anilines is 1. The third kappa shape index (κ3) is 5.65. The van der Waals surface area contributed by atoms with Gasteiger partial charge in [-0.1, -0.05) is 12.1 Å². The lowest BCUT2D eigenvalue weighted by Crippen LogP contribution is -2.30. The highest BCUT2D eigenvalue weighted by Gasteiger charge is 2.07. The number of rotatable bonds is 6. The number of alkyl halides is 2. The SMILES string of the molecule is CSc1ccc(CN(C)C(=S)Nc2ccc(OC(F)F)cc2)cc1. The van der Waals surface area contributed by atoms with E-state index in [4.69, 9.17) is 12.2 Å². The first-order chi connectivity index (χ1) is 11.5. The summed E-state index contributed by atoms with van der Waals surface area (Å²) >= 11 is 7.07. The van der Waals surface area contributed by atoms with Crippen LogP contribution in [0.4, 0.5) is 14.5 Å². The van der Waals surface area contributed by atoms with Crippen LogP contribution in [0.2, 0.25) is 0 Å². The maximum Gasteiger partial charge on any atom is 0.387 e. The number of halogens is 2. The number of hydrogen-bond acceptors (Lipinski definition) is 3. The Morgan fingerprint density at radius 1 is 1.17 bits per heavy atom. The van der Waals surface area contributed by atoms with Gasteiger partial charge in [-0.05, 0) is 60.4 Å². The average Bonchev–Trinajstić information content (AvgIpc) is 2.56. The largest absolute Gasteiger partial charge is 0.435 e. The molecule has 2 aromatic carbocycles. The van der Waals surface area contributed by atoms with Gasteiger partial charge in [0.2, 0.25) is 0 Å². The van der Waals surface area contributed by atoms with E-state index in [-0.39, 0.29) is 5.75 Å². The van der Waals surface area contributed by atoms with Crippen LogP contribution in [0, 0.1) is 0 Å². The normalized spacial score (nSPS) is 10.5. The van der Waals surface area contributed by atoms with Crippen LogP contribution in [-0.4, -0.2) is 29.9 Å². The second kappa shape index (κ2) is 8.84. The quantitative estimate of drug-likeness (QED) is 0.581. The van der Waals surface area contributed by atoms with Crippen molar-refractivity contribution in [3.63, 3.8) is 0 Å². The second-order valence-electron chi connectivity index (χ2n) is 5.04. The van der Waals surface area contributed by atoms with Crippen molar-refractivity contribution in [2.75, 3.05) is 18.6 Å². The van der Waals surface area contributed by atoms with Gasteiger partial charge >= 0.3 is 6.61 Å². The van der Waals surface area contributed by atoms with Gasteiger partial charge in [-0.2, -0.15) is 8.78 Å². The Hall–Kier alpha value is -1.86. The molecule has 0 aliphatic heterocycles. The Morgan fingerprint density at radius 3 is 2.33 bits per heavy atom. The molecule has 0 saturated heterocycles. The van der Waals surface area contributed by atoms with E-state index in [0.717, 1.165) is 5.56 Å². The van der Waals surface area contributed by atoms with Crippen LogP contribution in [0.1, 0.15) is 5.56 Å². The molecule has 2 rings (SSSR count). The van der Waals surface area contributed by atoms with Crippen LogP contribution in [0.3, 0.4) is 0 Å². The summed E-state index contributed by atoms with van der Waals surface area (Å²) in [5.41, 5.74) is 1.87. The molecular weight excluding hydrogens is 350 g/mol. The number of nitrogens with one attached hydrogen (secondary N) is 1. The summed E-state index contributed by atoms with van der Waals surface area (Å²) in [6.45, 7) is -2.15. The summed E-state index contributed by atoms with van der Waals surface area (Å²) in [5, 5.41) is 3.62. The molecule has 24 heavy (non-hydrogen) atoms. The Morgan fingerprint density at radius 2 is 1.79 bits per heavy atom. The summed E-state index contributed by atoms with van der Waals surface area (Å²) in [6.07, 6.45) is 2.04. The van der Waals surface area contributed by atoms with Crippen LogP contribution < -0.4 is 10.1 Å². The zero-order chi connectivity index (χ0) is 17.5. The monoisotopic (exact) mass is 368 g/mol. The van der Waals surface area contributed by atoms with Crippen molar-refractivity contribution in [3.05, 3.63) is 54.1 Å². The molecule has 0 aromatic heterocycles. The fourth-order valence-corrected chi connectivity index (χ4v) is 2.61. The molecule has 0 spiro atoms. The van der Waals surface area contributed by atoms with Crippen LogP contribution in [-0.2, 0) is 6.54 Å². The molecule has 0 aliphatic carbocycles. The van der Waals surface area contributed by atoms with Crippen LogP contribution in [0.15, 0.2) is 53.4 Å². The van der Waals surface area contributed by atoms with E-state index in [2.05, 4.69) is 34.3 Å². The van der Waals surface area contributed by atoms with Crippen molar-refractivity contribution in [2.24, 2.45) is 0 Å². The van der Waals surface area contributed by atoms with E-state index >= 15 is 0 Å². The van der Waals surface area contributed by atoms with E-state index in [1.165, 1.54) is 17.0 Å². The highest BCUT2D eigenvalue weighted by molar-refractivity contribution is 7.98. The van der Waals surface area contributed by atoms with Gasteiger partial charge in [-0.25, -0.2) is 0 Å². The first kappa shape index (κ1) is 18.5. The molecule has 128 valence electrons. The van der Waals surface area contributed by atoms with Gasteiger partial charge in [-0.3, -0.25) is 0 Å². The average molecular weight is 368 g/mol. The third-order valence-electron chi connectivity index (χ3n) is 3.26. The van der Waals surface area contributed by atoms with Gasteiger partial charge in [0, 0.05) is 24.2 Å². The number of hydrogen-bond donors (Lipinski definition) is 1. The molecule has 0 atom stereocenters. The molecule has 7 heteroatoms. The number of thiocarbonyl (C=S) groups is 1. The van der Waals surface area contributed by atoms with Gasteiger partial charge in [-0.15, -0.1) is 11.8 Å². The fourth-order valence-electron chi connectivity index (χ4n) is 2.02. The summed E-state index contributed by atoms with van der Waals surface area (Å²) < 4.78 is 28.6. The van der Waals surface area contributed by atoms with Crippen LogP contribution >= 0.6 is 24.0 Å². The standard InChI is InChI=1S/C17H18F2N2OS2/c1-21(11-12-3-9-15(24-2)10-4-12)17(23)20-13-5-7-14(8-6-13)22-16(18)19/h3-10,16H,11H2,1-2H3,(H,20,23). The van der Waals surface area contributed by atoms with Gasteiger partial charge in [0.15, 0.2) is 5.11 Å². The highest BCUT2D eigenvalue weighted by Crippen LogP contribution is 2.19. The summed E-state index contributed by atoms with van der Waals surface area (Å²) in [4.78, 5) is 3.13. The lowest BCUT2D eigenvalue weighted by Gasteiger charge is -2.21.